The van der Waals surface area contributed by atoms with E-state index in [1.165, 1.54) is 39.3 Å². The molecule has 2 aromatic heterocycles. The zero-order chi connectivity index (χ0) is 20.1. The quantitative estimate of drug-likeness (QED) is 0.565. The lowest BCUT2D eigenvalue weighted by atomic mass is 10.2. The minimum absolute atomic E-state index is 0.0494. The molecule has 0 unspecified atom stereocenters. The van der Waals surface area contributed by atoms with E-state index in [0.717, 1.165) is 5.56 Å². The molecule has 0 bridgehead atoms. The van der Waals surface area contributed by atoms with Crippen molar-refractivity contribution in [1.82, 2.24) is 14.5 Å². The van der Waals surface area contributed by atoms with E-state index in [2.05, 4.69) is 4.98 Å². The van der Waals surface area contributed by atoms with Gasteiger partial charge in [-0.1, -0.05) is 12.1 Å². The Balaban J connectivity index is 1.46. The van der Waals surface area contributed by atoms with Gasteiger partial charge >= 0.3 is 5.97 Å². The van der Waals surface area contributed by atoms with Crippen molar-refractivity contribution in [3.63, 3.8) is 0 Å². The lowest BCUT2D eigenvalue weighted by molar-refractivity contribution is -0.151. The van der Waals surface area contributed by atoms with Crippen LogP contribution in [0.2, 0.25) is 0 Å². The summed E-state index contributed by atoms with van der Waals surface area (Å²) in [6, 6.07) is 7.50. The number of rotatable bonds is 7. The molecule has 3 aromatic rings. The Kier molecular flexibility index (Phi) is 6.15. The Morgan fingerprint density at radius 3 is 2.75 bits per heavy atom. The first kappa shape index (κ1) is 19.7. The van der Waals surface area contributed by atoms with E-state index in [0.29, 0.717) is 10.2 Å². The fourth-order valence-corrected chi connectivity index (χ4v) is 3.26. The topological polar surface area (TPSA) is 81.5 Å². The Hall–Kier alpha value is -3.07. The summed E-state index contributed by atoms with van der Waals surface area (Å²) in [4.78, 5) is 42.4. The highest BCUT2D eigenvalue weighted by atomic mass is 32.1. The third-order valence-electron chi connectivity index (χ3n) is 4.12. The second kappa shape index (κ2) is 8.75. The van der Waals surface area contributed by atoms with Crippen LogP contribution in [0.25, 0.3) is 10.2 Å². The van der Waals surface area contributed by atoms with Crippen LogP contribution in [0.4, 0.5) is 4.39 Å². The fourth-order valence-electron chi connectivity index (χ4n) is 2.54. The SMILES string of the molecule is CN(Cc1ccc(F)cc1)C(=O)COC(=O)CCn1cnc2sccc2c1=O. The van der Waals surface area contributed by atoms with Crippen molar-refractivity contribution in [1.29, 1.82) is 0 Å². The summed E-state index contributed by atoms with van der Waals surface area (Å²) in [7, 11) is 1.57. The lowest BCUT2D eigenvalue weighted by Crippen LogP contribution is -2.31. The number of likely N-dealkylation sites (N-methyl/N-ethyl adjacent to an activating group) is 1. The second-order valence-corrected chi connectivity index (χ2v) is 7.06. The van der Waals surface area contributed by atoms with Gasteiger partial charge in [-0.25, -0.2) is 9.37 Å². The van der Waals surface area contributed by atoms with Gasteiger partial charge in [-0.05, 0) is 29.1 Å². The van der Waals surface area contributed by atoms with Crippen molar-refractivity contribution in [2.75, 3.05) is 13.7 Å². The summed E-state index contributed by atoms with van der Waals surface area (Å²) in [6.45, 7) is 0.00167. The van der Waals surface area contributed by atoms with Gasteiger partial charge in [-0.3, -0.25) is 19.0 Å². The number of carbonyl (C=O) groups is 2. The lowest BCUT2D eigenvalue weighted by Gasteiger charge is -2.17. The maximum atomic E-state index is 12.9. The largest absolute Gasteiger partial charge is 0.456 e. The third kappa shape index (κ3) is 4.80. The van der Waals surface area contributed by atoms with Crippen molar-refractivity contribution in [3.8, 4) is 0 Å². The number of aryl methyl sites for hydroxylation is 1. The fraction of sp³-hybridized carbons (Fsp3) is 0.263. The van der Waals surface area contributed by atoms with E-state index in [9.17, 15) is 18.8 Å². The second-order valence-electron chi connectivity index (χ2n) is 6.17. The molecular formula is C19H18FN3O4S. The van der Waals surface area contributed by atoms with Crippen LogP contribution in [-0.4, -0.2) is 40.0 Å². The molecular weight excluding hydrogens is 385 g/mol. The van der Waals surface area contributed by atoms with Gasteiger partial charge in [-0.2, -0.15) is 0 Å². The monoisotopic (exact) mass is 403 g/mol. The minimum atomic E-state index is -0.583. The van der Waals surface area contributed by atoms with Gasteiger partial charge in [0.25, 0.3) is 11.5 Å². The molecule has 0 aliphatic carbocycles. The molecule has 146 valence electrons. The summed E-state index contributed by atoms with van der Waals surface area (Å²) >= 11 is 1.37. The molecule has 7 nitrogen and oxygen atoms in total. The van der Waals surface area contributed by atoms with E-state index in [1.54, 1.807) is 30.6 Å². The highest BCUT2D eigenvalue weighted by molar-refractivity contribution is 7.16. The van der Waals surface area contributed by atoms with Crippen molar-refractivity contribution < 1.29 is 18.7 Å². The summed E-state index contributed by atoms with van der Waals surface area (Å²) in [6.07, 6.45) is 1.35. The summed E-state index contributed by atoms with van der Waals surface area (Å²) in [5, 5.41) is 2.30. The maximum absolute atomic E-state index is 12.9. The van der Waals surface area contributed by atoms with E-state index >= 15 is 0 Å². The van der Waals surface area contributed by atoms with Crippen LogP contribution in [-0.2, 0) is 27.4 Å². The molecule has 0 atom stereocenters. The normalized spacial score (nSPS) is 10.8. The molecule has 1 amide bonds. The molecule has 0 saturated carbocycles. The highest BCUT2D eigenvalue weighted by Crippen LogP contribution is 2.13. The Labute approximate surface area is 164 Å². The first-order chi connectivity index (χ1) is 13.4. The van der Waals surface area contributed by atoms with Crippen LogP contribution in [0, 0.1) is 5.82 Å². The van der Waals surface area contributed by atoms with Crippen LogP contribution < -0.4 is 5.56 Å². The van der Waals surface area contributed by atoms with Crippen LogP contribution in [0.5, 0.6) is 0 Å². The van der Waals surface area contributed by atoms with Gasteiger partial charge in [0.05, 0.1) is 18.1 Å². The number of aromatic nitrogens is 2. The predicted molar refractivity (Wildman–Crippen MR) is 102 cm³/mol. The van der Waals surface area contributed by atoms with Crippen LogP contribution >= 0.6 is 11.3 Å². The molecule has 0 radical (unpaired) electrons. The number of esters is 1. The molecule has 0 N–H and O–H groups in total. The number of thiophene rings is 1. The number of benzene rings is 1. The van der Waals surface area contributed by atoms with E-state index in [1.807, 2.05) is 0 Å². The third-order valence-corrected chi connectivity index (χ3v) is 4.94. The summed E-state index contributed by atoms with van der Waals surface area (Å²) in [5.74, 6) is -1.31. The van der Waals surface area contributed by atoms with Gasteiger partial charge in [0.2, 0.25) is 0 Å². The van der Waals surface area contributed by atoms with Gasteiger partial charge in [0, 0.05) is 20.1 Å². The number of amides is 1. The number of ether oxygens (including phenoxy) is 1. The van der Waals surface area contributed by atoms with Crippen LogP contribution in [0.3, 0.4) is 0 Å². The maximum Gasteiger partial charge on any atom is 0.308 e. The molecule has 0 saturated heterocycles. The molecule has 1 aromatic carbocycles. The Morgan fingerprint density at radius 1 is 1.25 bits per heavy atom. The van der Waals surface area contributed by atoms with Crippen molar-refractivity contribution in [2.24, 2.45) is 0 Å². The van der Waals surface area contributed by atoms with Crippen molar-refractivity contribution >= 4 is 33.4 Å². The predicted octanol–water partition coefficient (Wildman–Crippen LogP) is 2.19. The van der Waals surface area contributed by atoms with Gasteiger partial charge in [0.1, 0.15) is 10.6 Å². The number of hydrogen-bond donors (Lipinski definition) is 0. The minimum Gasteiger partial charge on any atom is -0.456 e. The molecule has 2 heterocycles. The zero-order valence-corrected chi connectivity index (χ0v) is 15.9. The van der Waals surface area contributed by atoms with Crippen LogP contribution in [0.1, 0.15) is 12.0 Å². The summed E-state index contributed by atoms with van der Waals surface area (Å²) in [5.41, 5.74) is 0.549. The number of hydrogen-bond acceptors (Lipinski definition) is 6. The van der Waals surface area contributed by atoms with Crippen molar-refractivity contribution in [2.45, 2.75) is 19.5 Å². The number of nitrogens with zero attached hydrogens (tertiary/aromatic N) is 3. The smallest absolute Gasteiger partial charge is 0.308 e. The average molecular weight is 403 g/mol. The zero-order valence-electron chi connectivity index (χ0n) is 15.1. The number of carbonyl (C=O) groups excluding carboxylic acids is 2. The molecule has 0 spiro atoms. The number of halogens is 1. The number of fused-ring (bicyclic) bond motifs is 1. The molecule has 0 fully saturated rings. The average Bonchev–Trinajstić information content (AvgIpc) is 3.17. The molecule has 0 aliphatic heterocycles. The molecule has 0 aliphatic rings. The van der Waals surface area contributed by atoms with E-state index in [-0.39, 0.29) is 36.8 Å². The van der Waals surface area contributed by atoms with E-state index < -0.39 is 12.6 Å². The van der Waals surface area contributed by atoms with Crippen LogP contribution in [0.15, 0.2) is 46.8 Å². The standard InChI is InChI=1S/C19H18FN3O4S/c1-22(10-13-2-4-14(20)5-3-13)16(24)11-27-17(25)6-8-23-12-21-18-15(19(23)26)7-9-28-18/h2-5,7,9,12H,6,8,10-11H2,1H3. The first-order valence-electron chi connectivity index (χ1n) is 8.50. The highest BCUT2D eigenvalue weighted by Gasteiger charge is 2.13. The van der Waals surface area contributed by atoms with E-state index in [4.69, 9.17) is 4.74 Å². The molecule has 3 rings (SSSR count). The molecule has 9 heteroatoms. The van der Waals surface area contributed by atoms with Gasteiger partial charge in [-0.15, -0.1) is 11.3 Å². The Bertz CT molecular complexity index is 1050. The van der Waals surface area contributed by atoms with Crippen molar-refractivity contribution in [3.05, 3.63) is 63.8 Å². The summed E-state index contributed by atoms with van der Waals surface area (Å²) < 4.78 is 19.2. The first-order valence-corrected chi connectivity index (χ1v) is 9.38. The van der Waals surface area contributed by atoms with Gasteiger partial charge in [0.15, 0.2) is 6.61 Å². The Morgan fingerprint density at radius 2 is 2.00 bits per heavy atom. The molecule has 28 heavy (non-hydrogen) atoms. The van der Waals surface area contributed by atoms with Gasteiger partial charge < -0.3 is 9.64 Å².